The molecule has 1 saturated heterocycles. The molecule has 0 spiro atoms. The molecule has 6 heteroatoms. The Balaban J connectivity index is 1.49. The molecule has 0 unspecified atom stereocenters. The van der Waals surface area contributed by atoms with E-state index in [0.717, 1.165) is 40.9 Å². The first kappa shape index (κ1) is 17.7. The summed E-state index contributed by atoms with van der Waals surface area (Å²) >= 11 is 1.61. The maximum atomic E-state index is 12.8. The zero-order chi connectivity index (χ0) is 18.6. The highest BCUT2D eigenvalue weighted by atomic mass is 32.1. The van der Waals surface area contributed by atoms with E-state index in [1.807, 2.05) is 52.7 Å². The van der Waals surface area contributed by atoms with Gasteiger partial charge in [0.15, 0.2) is 0 Å². The number of rotatable bonds is 6. The summed E-state index contributed by atoms with van der Waals surface area (Å²) < 4.78 is 0. The highest BCUT2D eigenvalue weighted by Crippen LogP contribution is 2.27. The molecule has 3 aromatic rings. The molecule has 1 aromatic carbocycles. The first-order chi connectivity index (χ1) is 13.2. The fourth-order valence-corrected chi connectivity index (χ4v) is 4.11. The molecular formula is C21H21N3O2S. The highest BCUT2D eigenvalue weighted by molar-refractivity contribution is 7.13. The van der Waals surface area contributed by atoms with E-state index in [-0.39, 0.29) is 11.8 Å². The molecular weight excluding hydrogens is 358 g/mol. The maximum absolute atomic E-state index is 12.8. The number of likely N-dealkylation sites (tertiary alicyclic amines) is 1. The van der Waals surface area contributed by atoms with Gasteiger partial charge in [0, 0.05) is 31.4 Å². The van der Waals surface area contributed by atoms with Crippen molar-refractivity contribution in [3.05, 3.63) is 53.4 Å². The second-order valence-electron chi connectivity index (χ2n) is 6.64. The van der Waals surface area contributed by atoms with Crippen molar-refractivity contribution in [1.82, 2.24) is 15.2 Å². The summed E-state index contributed by atoms with van der Waals surface area (Å²) in [6.07, 6.45) is 2.36. The number of nitrogens with zero attached hydrogens (tertiary/aromatic N) is 2. The van der Waals surface area contributed by atoms with Crippen molar-refractivity contribution < 1.29 is 9.59 Å². The second-order valence-corrected chi connectivity index (χ2v) is 7.59. The van der Waals surface area contributed by atoms with Gasteiger partial charge in [0.25, 0.3) is 5.91 Å². The van der Waals surface area contributed by atoms with Crippen molar-refractivity contribution >= 4 is 34.1 Å². The summed E-state index contributed by atoms with van der Waals surface area (Å²) in [7, 11) is 0. The third-order valence-corrected chi connectivity index (χ3v) is 5.69. The molecule has 0 radical (unpaired) electrons. The maximum Gasteiger partial charge on any atom is 0.252 e. The molecule has 2 amide bonds. The van der Waals surface area contributed by atoms with Crippen LogP contribution in [0.15, 0.2) is 47.8 Å². The Morgan fingerprint density at radius 1 is 1.22 bits per heavy atom. The van der Waals surface area contributed by atoms with Gasteiger partial charge < -0.3 is 10.2 Å². The molecule has 27 heavy (non-hydrogen) atoms. The average Bonchev–Trinajstić information content (AvgIpc) is 3.36. The van der Waals surface area contributed by atoms with Crippen LogP contribution < -0.4 is 5.32 Å². The number of carbonyl (C=O) groups is 2. The molecule has 3 heterocycles. The summed E-state index contributed by atoms with van der Waals surface area (Å²) in [6.45, 7) is 2.09. The van der Waals surface area contributed by atoms with Crippen LogP contribution in [-0.2, 0) is 4.79 Å². The number of hydrogen-bond donors (Lipinski definition) is 1. The third-order valence-electron chi connectivity index (χ3n) is 4.80. The monoisotopic (exact) mass is 379 g/mol. The molecule has 1 aliphatic rings. The van der Waals surface area contributed by atoms with Gasteiger partial charge in [-0.1, -0.05) is 24.3 Å². The Morgan fingerprint density at radius 3 is 2.89 bits per heavy atom. The first-order valence-electron chi connectivity index (χ1n) is 9.22. The molecule has 0 aliphatic carbocycles. The van der Waals surface area contributed by atoms with Gasteiger partial charge in [0.05, 0.1) is 21.7 Å². The number of nitrogens with one attached hydrogen (secondary N) is 1. The van der Waals surface area contributed by atoms with Crippen molar-refractivity contribution in [1.29, 1.82) is 0 Å². The van der Waals surface area contributed by atoms with Crippen LogP contribution in [0, 0.1) is 0 Å². The summed E-state index contributed by atoms with van der Waals surface area (Å²) in [5, 5.41) is 5.86. The van der Waals surface area contributed by atoms with Crippen LogP contribution in [0.5, 0.6) is 0 Å². The van der Waals surface area contributed by atoms with E-state index in [0.29, 0.717) is 25.1 Å². The minimum Gasteiger partial charge on any atom is -0.352 e. The number of pyridine rings is 1. The number of fused-ring (bicyclic) bond motifs is 1. The van der Waals surface area contributed by atoms with Crippen LogP contribution in [-0.4, -0.2) is 41.3 Å². The van der Waals surface area contributed by atoms with E-state index in [9.17, 15) is 9.59 Å². The Hall–Kier alpha value is -2.73. The Kier molecular flexibility index (Phi) is 5.16. The molecule has 4 rings (SSSR count). The zero-order valence-corrected chi connectivity index (χ0v) is 15.8. The number of thiophene rings is 1. The van der Waals surface area contributed by atoms with E-state index < -0.39 is 0 Å². The van der Waals surface area contributed by atoms with Crippen LogP contribution in [0.4, 0.5) is 0 Å². The minimum absolute atomic E-state index is 0.0980. The lowest BCUT2D eigenvalue weighted by atomic mass is 10.1. The summed E-state index contributed by atoms with van der Waals surface area (Å²) in [5.74, 6) is 0.126. The molecule has 1 aliphatic heterocycles. The first-order valence-corrected chi connectivity index (χ1v) is 10.1. The van der Waals surface area contributed by atoms with Gasteiger partial charge in [-0.15, -0.1) is 11.3 Å². The van der Waals surface area contributed by atoms with Crippen LogP contribution in [0.25, 0.3) is 21.5 Å². The highest BCUT2D eigenvalue weighted by Gasteiger charge is 2.19. The van der Waals surface area contributed by atoms with Gasteiger partial charge in [0.1, 0.15) is 0 Å². The van der Waals surface area contributed by atoms with Crippen molar-refractivity contribution in [3.63, 3.8) is 0 Å². The average molecular weight is 379 g/mol. The summed E-state index contributed by atoms with van der Waals surface area (Å²) in [6, 6.07) is 13.6. The Bertz CT molecular complexity index is 969. The van der Waals surface area contributed by atoms with Crippen molar-refractivity contribution in [2.45, 2.75) is 19.3 Å². The number of benzene rings is 1. The lowest BCUT2D eigenvalue weighted by molar-refractivity contribution is -0.127. The van der Waals surface area contributed by atoms with Crippen molar-refractivity contribution in [2.24, 2.45) is 0 Å². The van der Waals surface area contributed by atoms with Gasteiger partial charge in [-0.25, -0.2) is 4.98 Å². The van der Waals surface area contributed by atoms with E-state index in [4.69, 9.17) is 4.98 Å². The molecule has 0 saturated carbocycles. The summed E-state index contributed by atoms with van der Waals surface area (Å²) in [5.41, 5.74) is 2.27. The van der Waals surface area contributed by atoms with E-state index in [1.54, 1.807) is 11.3 Å². The van der Waals surface area contributed by atoms with Gasteiger partial charge in [0.2, 0.25) is 5.91 Å². The zero-order valence-electron chi connectivity index (χ0n) is 15.0. The SMILES string of the molecule is O=C(NCCCN1CCCC1=O)c1cc(-c2cccs2)nc2ccccc12. The fraction of sp³-hybridized carbons (Fsp3) is 0.286. The van der Waals surface area contributed by atoms with Crippen LogP contribution >= 0.6 is 11.3 Å². The van der Waals surface area contributed by atoms with E-state index in [1.165, 1.54) is 0 Å². The Morgan fingerprint density at radius 2 is 2.11 bits per heavy atom. The Labute approximate surface area is 162 Å². The molecule has 138 valence electrons. The normalized spacial score (nSPS) is 14.1. The standard InChI is InChI=1S/C21H21N3O2S/c25-20-9-3-11-24(20)12-5-10-22-21(26)16-14-18(19-8-4-13-27-19)23-17-7-2-1-6-15(16)17/h1-2,4,6-8,13-14H,3,5,9-12H2,(H,22,26). The minimum atomic E-state index is -0.0980. The molecule has 0 bridgehead atoms. The molecule has 1 fully saturated rings. The molecule has 1 N–H and O–H groups in total. The number of para-hydroxylation sites is 1. The van der Waals surface area contributed by atoms with Crippen LogP contribution in [0.1, 0.15) is 29.6 Å². The fourth-order valence-electron chi connectivity index (χ4n) is 3.42. The summed E-state index contributed by atoms with van der Waals surface area (Å²) in [4.78, 5) is 32.1. The topological polar surface area (TPSA) is 62.3 Å². The molecule has 2 aromatic heterocycles. The molecule has 0 atom stereocenters. The molecule has 5 nitrogen and oxygen atoms in total. The van der Waals surface area contributed by atoms with Crippen LogP contribution in [0.3, 0.4) is 0 Å². The van der Waals surface area contributed by atoms with Crippen LogP contribution in [0.2, 0.25) is 0 Å². The smallest absolute Gasteiger partial charge is 0.252 e. The quantitative estimate of drug-likeness (QED) is 0.664. The lowest BCUT2D eigenvalue weighted by Gasteiger charge is -2.15. The second kappa shape index (κ2) is 7.88. The van der Waals surface area contributed by atoms with Crippen molar-refractivity contribution in [2.75, 3.05) is 19.6 Å². The number of aromatic nitrogens is 1. The van der Waals surface area contributed by atoms with Gasteiger partial charge in [-0.05, 0) is 36.4 Å². The largest absolute Gasteiger partial charge is 0.352 e. The number of amides is 2. The number of hydrogen-bond acceptors (Lipinski definition) is 4. The number of carbonyl (C=O) groups excluding carboxylic acids is 2. The van der Waals surface area contributed by atoms with E-state index >= 15 is 0 Å². The third kappa shape index (κ3) is 3.85. The van der Waals surface area contributed by atoms with Crippen molar-refractivity contribution in [3.8, 4) is 10.6 Å². The van der Waals surface area contributed by atoms with E-state index in [2.05, 4.69) is 5.32 Å². The van der Waals surface area contributed by atoms with Gasteiger partial charge >= 0.3 is 0 Å². The predicted molar refractivity (Wildman–Crippen MR) is 108 cm³/mol. The predicted octanol–water partition coefficient (Wildman–Crippen LogP) is 3.71. The van der Waals surface area contributed by atoms with Gasteiger partial charge in [-0.2, -0.15) is 0 Å². The lowest BCUT2D eigenvalue weighted by Crippen LogP contribution is -2.30. The van der Waals surface area contributed by atoms with Gasteiger partial charge in [-0.3, -0.25) is 9.59 Å².